The Hall–Kier alpha value is -2.83. The molecule has 0 aliphatic rings. The maximum Gasteiger partial charge on any atom is 0.272 e. The minimum absolute atomic E-state index is 0.0686. The summed E-state index contributed by atoms with van der Waals surface area (Å²) < 4.78 is 29.6. The SMILES string of the molecule is Cc1cc(C(=O)NCc2ccc(OCC(F)F)c(C)c2)cc(CC(=O)C(C)C)n1. The van der Waals surface area contributed by atoms with Gasteiger partial charge in [-0.25, -0.2) is 8.78 Å². The number of hydrogen-bond donors (Lipinski definition) is 1. The number of pyridine rings is 1. The van der Waals surface area contributed by atoms with Crippen LogP contribution in [-0.4, -0.2) is 29.7 Å². The molecule has 0 fully saturated rings. The maximum atomic E-state index is 12.5. The number of carbonyl (C=O) groups excluding carboxylic acids is 2. The third-order valence-corrected chi connectivity index (χ3v) is 4.33. The Morgan fingerprint density at radius 2 is 1.86 bits per heavy atom. The van der Waals surface area contributed by atoms with Gasteiger partial charge in [0.2, 0.25) is 0 Å². The molecule has 0 radical (unpaired) electrons. The Kier molecular flexibility index (Phi) is 7.82. The summed E-state index contributed by atoms with van der Waals surface area (Å²) in [6.45, 7) is 6.82. The van der Waals surface area contributed by atoms with Crippen LogP contribution in [0.5, 0.6) is 5.75 Å². The highest BCUT2D eigenvalue weighted by Gasteiger charge is 2.13. The topological polar surface area (TPSA) is 68.3 Å². The summed E-state index contributed by atoms with van der Waals surface area (Å²) in [7, 11) is 0. The highest BCUT2D eigenvalue weighted by molar-refractivity contribution is 5.94. The molecule has 5 nitrogen and oxygen atoms in total. The summed E-state index contributed by atoms with van der Waals surface area (Å²) in [5.74, 6) is 0.0959. The number of carbonyl (C=O) groups is 2. The van der Waals surface area contributed by atoms with E-state index in [1.807, 2.05) is 13.8 Å². The molecular weight excluding hydrogens is 378 g/mol. The number of halogens is 2. The van der Waals surface area contributed by atoms with Gasteiger partial charge in [-0.3, -0.25) is 14.6 Å². The molecule has 1 aromatic heterocycles. The molecule has 156 valence electrons. The lowest BCUT2D eigenvalue weighted by molar-refractivity contribution is -0.121. The van der Waals surface area contributed by atoms with E-state index < -0.39 is 13.0 Å². The van der Waals surface area contributed by atoms with Crippen LogP contribution >= 0.6 is 0 Å². The van der Waals surface area contributed by atoms with Crippen molar-refractivity contribution in [3.8, 4) is 5.75 Å². The maximum absolute atomic E-state index is 12.5. The molecule has 0 saturated carbocycles. The molecule has 7 heteroatoms. The Morgan fingerprint density at radius 1 is 1.14 bits per heavy atom. The average Bonchev–Trinajstić information content (AvgIpc) is 2.64. The number of Topliss-reactive ketones (excluding diaryl/α,β-unsaturated/α-hetero) is 1. The molecule has 1 amide bonds. The molecule has 0 unspecified atom stereocenters. The van der Waals surface area contributed by atoms with Gasteiger partial charge in [0.15, 0.2) is 0 Å². The zero-order chi connectivity index (χ0) is 21.6. The predicted octanol–water partition coefficient (Wildman–Crippen LogP) is 4.04. The van der Waals surface area contributed by atoms with E-state index in [9.17, 15) is 18.4 Å². The highest BCUT2D eigenvalue weighted by Crippen LogP contribution is 2.20. The monoisotopic (exact) mass is 404 g/mol. The molecule has 2 aromatic rings. The summed E-state index contributed by atoms with van der Waals surface area (Å²) in [5.41, 5.74) is 3.22. The second-order valence-electron chi connectivity index (χ2n) is 7.27. The molecule has 0 atom stereocenters. The first-order valence-electron chi connectivity index (χ1n) is 9.44. The number of nitrogens with one attached hydrogen (secondary N) is 1. The number of alkyl halides is 2. The number of aromatic nitrogens is 1. The van der Waals surface area contributed by atoms with Crippen LogP contribution in [0.25, 0.3) is 0 Å². The van der Waals surface area contributed by atoms with Crippen LogP contribution in [0.3, 0.4) is 0 Å². The van der Waals surface area contributed by atoms with E-state index in [1.54, 1.807) is 44.2 Å². The standard InChI is InChI=1S/C22H26F2N2O3/c1-13(2)19(27)10-18-9-17(8-15(4)26-18)22(28)25-11-16-5-6-20(14(3)7-16)29-12-21(23)24/h5-9,13,21H,10-12H2,1-4H3,(H,25,28). The Bertz CT molecular complexity index is 882. The van der Waals surface area contributed by atoms with Gasteiger partial charge in [0.25, 0.3) is 12.3 Å². The van der Waals surface area contributed by atoms with Gasteiger partial charge in [-0.15, -0.1) is 0 Å². The van der Waals surface area contributed by atoms with Crippen molar-refractivity contribution in [3.05, 3.63) is 58.4 Å². The van der Waals surface area contributed by atoms with Crippen molar-refractivity contribution >= 4 is 11.7 Å². The normalized spacial score (nSPS) is 11.0. The number of nitrogens with zero attached hydrogens (tertiary/aromatic N) is 1. The van der Waals surface area contributed by atoms with Crippen molar-refractivity contribution in [2.24, 2.45) is 5.92 Å². The zero-order valence-corrected chi connectivity index (χ0v) is 17.1. The Morgan fingerprint density at radius 3 is 2.48 bits per heavy atom. The molecule has 1 heterocycles. The van der Waals surface area contributed by atoms with Crippen molar-refractivity contribution in [2.75, 3.05) is 6.61 Å². The van der Waals surface area contributed by atoms with E-state index in [0.29, 0.717) is 28.3 Å². The molecule has 0 saturated heterocycles. The van der Waals surface area contributed by atoms with Gasteiger partial charge in [-0.2, -0.15) is 0 Å². The lowest BCUT2D eigenvalue weighted by Crippen LogP contribution is -2.23. The van der Waals surface area contributed by atoms with E-state index in [-0.39, 0.29) is 30.6 Å². The number of ether oxygens (including phenoxy) is 1. The molecule has 0 aliphatic carbocycles. The summed E-state index contributed by atoms with van der Waals surface area (Å²) in [6.07, 6.45) is -2.34. The van der Waals surface area contributed by atoms with E-state index >= 15 is 0 Å². The lowest BCUT2D eigenvalue weighted by Gasteiger charge is -2.12. The van der Waals surface area contributed by atoms with E-state index in [0.717, 1.165) is 5.56 Å². The van der Waals surface area contributed by atoms with Gasteiger partial charge < -0.3 is 10.1 Å². The van der Waals surface area contributed by atoms with E-state index in [1.165, 1.54) is 0 Å². The summed E-state index contributed by atoms with van der Waals surface area (Å²) in [6, 6.07) is 8.43. The van der Waals surface area contributed by atoms with Crippen LogP contribution in [0.1, 0.15) is 46.7 Å². The molecule has 0 spiro atoms. The fraction of sp³-hybridized carbons (Fsp3) is 0.409. The average molecular weight is 404 g/mol. The van der Waals surface area contributed by atoms with Gasteiger partial charge in [0, 0.05) is 35.8 Å². The quantitative estimate of drug-likeness (QED) is 0.685. The highest BCUT2D eigenvalue weighted by atomic mass is 19.3. The predicted molar refractivity (Wildman–Crippen MR) is 106 cm³/mol. The number of rotatable bonds is 9. The zero-order valence-electron chi connectivity index (χ0n) is 17.1. The molecule has 0 bridgehead atoms. The minimum Gasteiger partial charge on any atom is -0.487 e. The molecule has 1 N–H and O–H groups in total. The first-order chi connectivity index (χ1) is 13.7. The second-order valence-corrected chi connectivity index (χ2v) is 7.27. The van der Waals surface area contributed by atoms with Gasteiger partial charge in [-0.1, -0.05) is 26.0 Å². The Labute approximate surface area is 169 Å². The fourth-order valence-electron chi connectivity index (χ4n) is 2.76. The van der Waals surface area contributed by atoms with Crippen LogP contribution in [-0.2, 0) is 17.8 Å². The van der Waals surface area contributed by atoms with Crippen LogP contribution < -0.4 is 10.1 Å². The van der Waals surface area contributed by atoms with E-state index in [4.69, 9.17) is 4.74 Å². The first kappa shape index (κ1) is 22.5. The Balaban J connectivity index is 2.02. The van der Waals surface area contributed by atoms with Crippen molar-refractivity contribution in [1.29, 1.82) is 0 Å². The first-order valence-corrected chi connectivity index (χ1v) is 9.44. The largest absolute Gasteiger partial charge is 0.487 e. The minimum atomic E-state index is -2.53. The third-order valence-electron chi connectivity index (χ3n) is 4.33. The summed E-state index contributed by atoms with van der Waals surface area (Å²) in [5, 5.41) is 2.83. The smallest absolute Gasteiger partial charge is 0.272 e. The van der Waals surface area contributed by atoms with Crippen LogP contribution in [0.2, 0.25) is 0 Å². The lowest BCUT2D eigenvalue weighted by atomic mass is 10.0. The summed E-state index contributed by atoms with van der Waals surface area (Å²) >= 11 is 0. The van der Waals surface area contributed by atoms with Crippen molar-refractivity contribution in [1.82, 2.24) is 10.3 Å². The van der Waals surface area contributed by atoms with Gasteiger partial charge in [0.05, 0.1) is 0 Å². The van der Waals surface area contributed by atoms with Crippen molar-refractivity contribution < 1.29 is 23.1 Å². The molecule has 29 heavy (non-hydrogen) atoms. The number of aryl methyl sites for hydroxylation is 2. The van der Waals surface area contributed by atoms with Gasteiger partial charge in [-0.05, 0) is 43.2 Å². The van der Waals surface area contributed by atoms with Crippen LogP contribution in [0.4, 0.5) is 8.78 Å². The summed E-state index contributed by atoms with van der Waals surface area (Å²) in [4.78, 5) is 28.8. The van der Waals surface area contributed by atoms with E-state index in [2.05, 4.69) is 10.3 Å². The van der Waals surface area contributed by atoms with Crippen LogP contribution in [0, 0.1) is 19.8 Å². The molecule has 2 rings (SSSR count). The third kappa shape index (κ3) is 6.93. The number of amides is 1. The number of ketones is 1. The number of hydrogen-bond acceptors (Lipinski definition) is 4. The van der Waals surface area contributed by atoms with Crippen molar-refractivity contribution in [2.45, 2.75) is 47.1 Å². The fourth-order valence-corrected chi connectivity index (χ4v) is 2.76. The van der Waals surface area contributed by atoms with Gasteiger partial charge >= 0.3 is 0 Å². The van der Waals surface area contributed by atoms with Crippen molar-refractivity contribution in [3.63, 3.8) is 0 Å². The number of benzene rings is 1. The second kappa shape index (κ2) is 10.1. The molecule has 1 aromatic carbocycles. The molecule has 0 aliphatic heterocycles. The van der Waals surface area contributed by atoms with Crippen LogP contribution in [0.15, 0.2) is 30.3 Å². The molecular formula is C22H26F2N2O3. The van der Waals surface area contributed by atoms with Gasteiger partial charge in [0.1, 0.15) is 18.1 Å².